The number of nitrogens with zero attached hydrogens (tertiary/aromatic N) is 7. The van der Waals surface area contributed by atoms with Crippen LogP contribution in [0.3, 0.4) is 0 Å². The Balaban J connectivity index is 1.00. The van der Waals surface area contributed by atoms with Crippen molar-refractivity contribution < 1.29 is 0 Å². The van der Waals surface area contributed by atoms with Crippen LogP contribution in [0.2, 0.25) is 0 Å². The summed E-state index contributed by atoms with van der Waals surface area (Å²) in [5.74, 6) is 1.81. The van der Waals surface area contributed by atoms with Gasteiger partial charge in [0.2, 0.25) is 5.95 Å². The molecule has 330 valence electrons. The van der Waals surface area contributed by atoms with Gasteiger partial charge in [0.1, 0.15) is 0 Å². The maximum atomic E-state index is 5.36. The number of hydrogen-bond acceptors (Lipinski definition) is 3. The maximum Gasteiger partial charge on any atom is 0.238 e. The highest BCUT2D eigenvalue weighted by Gasteiger charge is 2.41. The predicted molar refractivity (Wildman–Crippen MR) is 290 cm³/mol. The molecule has 0 radical (unpaired) electrons. The molecule has 0 saturated carbocycles. The van der Waals surface area contributed by atoms with E-state index >= 15 is 0 Å². The van der Waals surface area contributed by atoms with Crippen LogP contribution in [-0.2, 0) is 0 Å². The van der Waals surface area contributed by atoms with Crippen molar-refractivity contribution in [2.45, 2.75) is 6.04 Å². The van der Waals surface area contributed by atoms with Crippen molar-refractivity contribution in [1.29, 1.82) is 0 Å². The van der Waals surface area contributed by atoms with Crippen molar-refractivity contribution in [2.24, 2.45) is 0 Å². The van der Waals surface area contributed by atoms with Crippen molar-refractivity contribution in [3.63, 3.8) is 0 Å². The van der Waals surface area contributed by atoms with Crippen LogP contribution in [0, 0.1) is 0 Å². The summed E-state index contributed by atoms with van der Waals surface area (Å²) >= 11 is 0. The Hall–Kier alpha value is -9.59. The molecule has 71 heavy (non-hydrogen) atoms. The Kier molecular flexibility index (Phi) is 7.82. The first kappa shape index (κ1) is 38.4. The Labute approximate surface area is 406 Å². The molecule has 1 aliphatic carbocycles. The van der Waals surface area contributed by atoms with E-state index in [-0.39, 0.29) is 6.04 Å². The van der Waals surface area contributed by atoms with Crippen molar-refractivity contribution >= 4 is 87.2 Å². The second-order valence-corrected chi connectivity index (χ2v) is 18.7. The van der Waals surface area contributed by atoms with Crippen molar-refractivity contribution in [3.05, 3.63) is 242 Å². The van der Waals surface area contributed by atoms with E-state index in [0.29, 0.717) is 17.6 Å². The Morgan fingerprint density at radius 2 is 0.718 bits per heavy atom. The minimum atomic E-state index is -0.0121. The SMILES string of the molecule is c1ccc(-c2nc(-c3ccccc3)nc(-n3c4ccccc4c4ccc5c6ccccc6n(-c6cccc7c6C7n6c7ccccc7c7ccc8c9ccccc9n(-c9ccccc9)c8c76)c5c43)n2)cc1. The van der Waals surface area contributed by atoms with Gasteiger partial charge in [-0.15, -0.1) is 0 Å². The molecule has 7 heteroatoms. The van der Waals surface area contributed by atoms with Crippen LogP contribution in [0.25, 0.3) is 127 Å². The van der Waals surface area contributed by atoms with Crippen LogP contribution >= 0.6 is 0 Å². The van der Waals surface area contributed by atoms with Crippen molar-refractivity contribution in [1.82, 2.24) is 33.2 Å². The summed E-state index contributed by atoms with van der Waals surface area (Å²) in [7, 11) is 0. The summed E-state index contributed by atoms with van der Waals surface area (Å²) in [6.07, 6.45) is 0. The summed E-state index contributed by atoms with van der Waals surface area (Å²) in [6, 6.07) is 82.8. The van der Waals surface area contributed by atoms with Gasteiger partial charge in [-0.2, -0.15) is 9.97 Å². The summed E-state index contributed by atoms with van der Waals surface area (Å²) in [5, 5.41) is 9.60. The molecule has 0 fully saturated rings. The molecule has 0 bridgehead atoms. The maximum absolute atomic E-state index is 5.36. The lowest BCUT2D eigenvalue weighted by Gasteiger charge is -2.14. The second kappa shape index (κ2) is 14.5. The molecule has 0 N–H and O–H groups in total. The monoisotopic (exact) mass is 905 g/mol. The van der Waals surface area contributed by atoms with Gasteiger partial charge in [-0.1, -0.05) is 188 Å². The highest BCUT2D eigenvalue weighted by Crippen LogP contribution is 2.54. The molecular weight excluding hydrogens is 867 g/mol. The van der Waals surface area contributed by atoms with Gasteiger partial charge in [-0.05, 0) is 48.0 Å². The first-order valence-electron chi connectivity index (χ1n) is 24.2. The summed E-state index contributed by atoms with van der Waals surface area (Å²) < 4.78 is 9.93. The van der Waals surface area contributed by atoms with Gasteiger partial charge in [0.25, 0.3) is 0 Å². The highest BCUT2D eigenvalue weighted by molar-refractivity contribution is 6.25. The van der Waals surface area contributed by atoms with E-state index in [1.165, 1.54) is 65.5 Å². The lowest BCUT2D eigenvalue weighted by molar-refractivity contribution is 0.850. The van der Waals surface area contributed by atoms with Gasteiger partial charge in [0, 0.05) is 65.5 Å². The van der Waals surface area contributed by atoms with Gasteiger partial charge in [0.15, 0.2) is 11.6 Å². The lowest BCUT2D eigenvalue weighted by Crippen LogP contribution is -2.07. The van der Waals surface area contributed by atoms with Crippen LogP contribution in [0.4, 0.5) is 0 Å². The van der Waals surface area contributed by atoms with Crippen LogP contribution < -0.4 is 0 Å². The molecule has 1 atom stereocenters. The van der Waals surface area contributed by atoms with Gasteiger partial charge in [0.05, 0.1) is 55.9 Å². The molecule has 0 aliphatic heterocycles. The summed E-state index contributed by atoms with van der Waals surface area (Å²) in [6.45, 7) is 0. The van der Waals surface area contributed by atoms with Crippen LogP contribution in [0.1, 0.15) is 17.2 Å². The molecule has 1 unspecified atom stereocenters. The average Bonchev–Trinajstić information content (AvgIpc) is 3.66. The number of aromatic nitrogens is 7. The first-order valence-corrected chi connectivity index (χ1v) is 24.2. The minimum absolute atomic E-state index is 0.0121. The standard InChI is InChI=1S/C64H39N7/c1-4-19-39(20-5-1)62-65-63(40-21-6-2-7-22-40)67-64(66-62)71-54-33-17-13-28-45(54)49-38-36-47-43-26-11-15-31-52(43)69(59(47)61(49)71)55-34-18-29-50-56(55)57(50)70-53-32-16-12-27-44(53)48-37-35-46-42-25-10-14-30-51(42)68(58(46)60(48)70)41-23-8-3-9-24-41/h1-38,57H. The third-order valence-corrected chi connectivity index (χ3v) is 15.0. The normalized spacial score (nSPS) is 13.5. The number of para-hydroxylation sites is 5. The van der Waals surface area contributed by atoms with E-state index in [2.05, 4.69) is 212 Å². The van der Waals surface area contributed by atoms with Gasteiger partial charge >= 0.3 is 0 Å². The minimum Gasteiger partial charge on any atom is -0.327 e. The molecular formula is C64H39N7. The first-order chi connectivity index (χ1) is 35.3. The fourth-order valence-corrected chi connectivity index (χ4v) is 12.0. The Morgan fingerprint density at radius 1 is 0.296 bits per heavy atom. The Morgan fingerprint density at radius 3 is 1.28 bits per heavy atom. The predicted octanol–water partition coefficient (Wildman–Crippen LogP) is 15.6. The van der Waals surface area contributed by atoms with Crippen molar-refractivity contribution in [2.75, 3.05) is 0 Å². The van der Waals surface area contributed by atoms with E-state index in [1.807, 2.05) is 36.4 Å². The van der Waals surface area contributed by atoms with E-state index in [1.54, 1.807) is 0 Å². The fourth-order valence-electron chi connectivity index (χ4n) is 12.0. The van der Waals surface area contributed by atoms with E-state index in [4.69, 9.17) is 15.0 Å². The number of benzene rings is 10. The van der Waals surface area contributed by atoms with Gasteiger partial charge in [-0.3, -0.25) is 4.57 Å². The molecule has 15 aromatic rings. The molecule has 10 aromatic carbocycles. The highest BCUT2D eigenvalue weighted by atomic mass is 15.2. The third kappa shape index (κ3) is 5.34. The fraction of sp³-hybridized carbons (Fsp3) is 0.0156. The van der Waals surface area contributed by atoms with E-state index in [9.17, 15) is 0 Å². The molecule has 5 heterocycles. The summed E-state index contributed by atoms with van der Waals surface area (Å²) in [4.78, 5) is 15.8. The molecule has 0 saturated heterocycles. The van der Waals surface area contributed by atoms with Crippen LogP contribution in [0.5, 0.6) is 0 Å². The third-order valence-electron chi connectivity index (χ3n) is 15.0. The van der Waals surface area contributed by atoms with Gasteiger partial charge in [-0.25, -0.2) is 4.98 Å². The molecule has 1 aliphatic rings. The number of rotatable bonds is 6. The van der Waals surface area contributed by atoms with Crippen molar-refractivity contribution in [3.8, 4) is 40.1 Å². The largest absolute Gasteiger partial charge is 0.327 e. The molecule has 7 nitrogen and oxygen atoms in total. The average molecular weight is 906 g/mol. The molecule has 0 spiro atoms. The van der Waals surface area contributed by atoms with Gasteiger partial charge < -0.3 is 13.7 Å². The van der Waals surface area contributed by atoms with Crippen LogP contribution in [0.15, 0.2) is 231 Å². The molecule has 16 rings (SSSR count). The quantitative estimate of drug-likeness (QED) is 0.167. The van der Waals surface area contributed by atoms with E-state index in [0.717, 1.165) is 55.3 Å². The topological polar surface area (TPSA) is 58.4 Å². The number of hydrogen-bond donors (Lipinski definition) is 0. The summed E-state index contributed by atoms with van der Waals surface area (Å²) in [5.41, 5.74) is 16.0. The second-order valence-electron chi connectivity index (χ2n) is 18.7. The lowest BCUT2D eigenvalue weighted by atomic mass is 10.1. The number of fused-ring (bicyclic) bond motifs is 15. The zero-order valence-electron chi connectivity index (χ0n) is 38.1. The van der Waals surface area contributed by atoms with Crippen LogP contribution in [-0.4, -0.2) is 33.2 Å². The molecule has 5 aromatic heterocycles. The molecule has 0 amide bonds. The zero-order valence-corrected chi connectivity index (χ0v) is 38.1. The van der Waals surface area contributed by atoms with E-state index < -0.39 is 0 Å². The zero-order chi connectivity index (χ0) is 46.3. The Bertz CT molecular complexity index is 4630. The smallest absolute Gasteiger partial charge is 0.238 e.